The molecule has 1 N–H and O–H groups in total. The lowest BCUT2D eigenvalue weighted by Crippen LogP contribution is -2.18. The summed E-state index contributed by atoms with van der Waals surface area (Å²) in [5, 5.41) is 0.483. The zero-order valence-corrected chi connectivity index (χ0v) is 14.2. The van der Waals surface area contributed by atoms with Crippen molar-refractivity contribution in [3.8, 4) is 5.75 Å². The Labute approximate surface area is 145 Å². The van der Waals surface area contributed by atoms with Crippen LogP contribution in [0.15, 0.2) is 53.5 Å². The number of hydrogen-bond donors (Lipinski definition) is 1. The van der Waals surface area contributed by atoms with Gasteiger partial charge < -0.3 is 14.5 Å². The zero-order chi connectivity index (χ0) is 17.8. The topological polar surface area (TPSA) is 68.4 Å². The quantitative estimate of drug-likeness (QED) is 0.725. The van der Waals surface area contributed by atoms with Crippen molar-refractivity contribution in [2.75, 3.05) is 13.7 Å². The Hall–Kier alpha value is -3.08. The molecule has 3 rings (SSSR count). The molecule has 0 radical (unpaired) electrons. The lowest BCUT2D eigenvalue weighted by molar-refractivity contribution is 0.0524. The van der Waals surface area contributed by atoms with Gasteiger partial charge in [0.1, 0.15) is 11.3 Å². The summed E-state index contributed by atoms with van der Waals surface area (Å²) in [5.74, 6) is 0.198. The molecule has 0 fully saturated rings. The van der Waals surface area contributed by atoms with E-state index in [-0.39, 0.29) is 17.6 Å². The van der Waals surface area contributed by atoms with E-state index in [2.05, 4.69) is 4.98 Å². The number of benzene rings is 2. The first-order chi connectivity index (χ1) is 12.1. The van der Waals surface area contributed by atoms with Crippen LogP contribution in [0, 0.1) is 0 Å². The summed E-state index contributed by atoms with van der Waals surface area (Å²) < 4.78 is 10.1. The van der Waals surface area contributed by atoms with Crippen LogP contribution >= 0.6 is 0 Å². The zero-order valence-electron chi connectivity index (χ0n) is 14.2. The van der Waals surface area contributed by atoms with Gasteiger partial charge in [0.15, 0.2) is 0 Å². The second-order valence-corrected chi connectivity index (χ2v) is 5.66. The monoisotopic (exact) mass is 337 g/mol. The highest BCUT2D eigenvalue weighted by Gasteiger charge is 2.14. The maximum absolute atomic E-state index is 12.6. The van der Waals surface area contributed by atoms with Gasteiger partial charge >= 0.3 is 5.97 Å². The van der Waals surface area contributed by atoms with Gasteiger partial charge in [-0.15, -0.1) is 0 Å². The fraction of sp³-hybridized carbons (Fsp3) is 0.200. The smallest absolute Gasteiger partial charge is 0.343 e. The maximum Gasteiger partial charge on any atom is 0.343 e. The minimum absolute atomic E-state index is 0.0240. The van der Waals surface area contributed by atoms with Crippen LogP contribution in [0.25, 0.3) is 10.9 Å². The number of ether oxygens (including phenoxy) is 2. The van der Waals surface area contributed by atoms with Crippen molar-refractivity contribution in [2.45, 2.75) is 13.3 Å². The molecule has 128 valence electrons. The van der Waals surface area contributed by atoms with Crippen LogP contribution in [0.3, 0.4) is 0 Å². The van der Waals surface area contributed by atoms with E-state index < -0.39 is 5.97 Å². The molecule has 0 amide bonds. The molecule has 0 bridgehead atoms. The van der Waals surface area contributed by atoms with Crippen molar-refractivity contribution >= 4 is 16.9 Å². The van der Waals surface area contributed by atoms with E-state index in [1.54, 1.807) is 14.0 Å². The van der Waals surface area contributed by atoms with Crippen LogP contribution in [0.1, 0.15) is 28.4 Å². The third kappa shape index (κ3) is 3.55. The predicted molar refractivity (Wildman–Crippen MR) is 96.3 cm³/mol. The largest absolute Gasteiger partial charge is 0.497 e. The van der Waals surface area contributed by atoms with Crippen molar-refractivity contribution in [1.29, 1.82) is 0 Å². The molecule has 2 aromatic carbocycles. The number of esters is 1. The van der Waals surface area contributed by atoms with Crippen LogP contribution < -0.4 is 10.2 Å². The number of aromatic nitrogens is 1. The van der Waals surface area contributed by atoms with Crippen molar-refractivity contribution in [3.63, 3.8) is 0 Å². The van der Waals surface area contributed by atoms with Crippen molar-refractivity contribution < 1.29 is 14.3 Å². The lowest BCUT2D eigenvalue weighted by Gasteiger charge is -2.07. The first-order valence-corrected chi connectivity index (χ1v) is 8.06. The number of fused-ring (bicyclic) bond motifs is 1. The van der Waals surface area contributed by atoms with Crippen LogP contribution in [-0.4, -0.2) is 24.7 Å². The van der Waals surface area contributed by atoms with E-state index in [0.717, 1.165) is 16.9 Å². The van der Waals surface area contributed by atoms with Crippen molar-refractivity contribution in [3.05, 3.63) is 75.6 Å². The van der Waals surface area contributed by atoms with E-state index in [4.69, 9.17) is 9.47 Å². The summed E-state index contributed by atoms with van der Waals surface area (Å²) >= 11 is 0. The van der Waals surface area contributed by atoms with Gasteiger partial charge in [-0.1, -0.05) is 18.2 Å². The van der Waals surface area contributed by atoms with Gasteiger partial charge in [0.2, 0.25) is 5.43 Å². The van der Waals surface area contributed by atoms with Gasteiger partial charge in [-0.2, -0.15) is 0 Å². The SMILES string of the molecule is CCOC(=O)c1c[nH]c2ccc(Cc3ccc(OC)cc3)cc2c1=O. The molecular formula is C20H19NO4. The molecule has 0 saturated carbocycles. The number of H-pyrrole nitrogens is 1. The van der Waals surface area contributed by atoms with E-state index >= 15 is 0 Å². The van der Waals surface area contributed by atoms with Crippen LogP contribution in [-0.2, 0) is 11.2 Å². The molecule has 0 saturated heterocycles. The van der Waals surface area contributed by atoms with Gasteiger partial charge in [-0.3, -0.25) is 4.79 Å². The minimum Gasteiger partial charge on any atom is -0.497 e. The fourth-order valence-electron chi connectivity index (χ4n) is 2.72. The third-order valence-corrected chi connectivity index (χ3v) is 4.01. The van der Waals surface area contributed by atoms with Crippen molar-refractivity contribution in [1.82, 2.24) is 4.98 Å². The second kappa shape index (κ2) is 7.21. The Morgan fingerprint density at radius 2 is 1.80 bits per heavy atom. The highest BCUT2D eigenvalue weighted by Crippen LogP contribution is 2.17. The third-order valence-electron chi connectivity index (χ3n) is 4.01. The lowest BCUT2D eigenvalue weighted by atomic mass is 10.0. The summed E-state index contributed by atoms with van der Waals surface area (Å²) in [4.78, 5) is 27.5. The van der Waals surface area contributed by atoms with Crippen LogP contribution in [0.5, 0.6) is 5.75 Å². The Bertz CT molecular complexity index is 958. The van der Waals surface area contributed by atoms with E-state index in [9.17, 15) is 9.59 Å². The van der Waals surface area contributed by atoms with Crippen LogP contribution in [0.4, 0.5) is 0 Å². The molecule has 1 aromatic heterocycles. The Morgan fingerprint density at radius 1 is 1.08 bits per heavy atom. The first kappa shape index (κ1) is 16.8. The number of hydrogen-bond acceptors (Lipinski definition) is 4. The molecule has 0 atom stereocenters. The number of carbonyl (C=O) groups is 1. The number of aromatic amines is 1. The highest BCUT2D eigenvalue weighted by molar-refractivity contribution is 5.93. The van der Waals surface area contributed by atoms with Crippen molar-refractivity contribution in [2.24, 2.45) is 0 Å². The maximum atomic E-state index is 12.6. The Kier molecular flexibility index (Phi) is 4.84. The van der Waals surface area contributed by atoms with Gasteiger partial charge in [0.05, 0.1) is 13.7 Å². The summed E-state index contributed by atoms with van der Waals surface area (Å²) in [5.41, 5.74) is 2.50. The molecule has 5 nitrogen and oxygen atoms in total. The predicted octanol–water partition coefficient (Wildman–Crippen LogP) is 3.30. The highest BCUT2D eigenvalue weighted by atomic mass is 16.5. The molecule has 1 heterocycles. The first-order valence-electron chi connectivity index (χ1n) is 8.06. The summed E-state index contributed by atoms with van der Waals surface area (Å²) in [6, 6.07) is 13.4. The summed E-state index contributed by atoms with van der Waals surface area (Å²) in [6.07, 6.45) is 2.09. The number of pyridine rings is 1. The number of rotatable bonds is 5. The molecular weight excluding hydrogens is 318 g/mol. The summed E-state index contributed by atoms with van der Waals surface area (Å²) in [7, 11) is 1.63. The average Bonchev–Trinajstić information content (AvgIpc) is 2.63. The molecule has 0 aliphatic heterocycles. The molecule has 5 heteroatoms. The molecule has 3 aromatic rings. The molecule has 0 aliphatic carbocycles. The van der Waals surface area contributed by atoms with Gasteiger partial charge in [0.25, 0.3) is 0 Å². The molecule has 25 heavy (non-hydrogen) atoms. The average molecular weight is 337 g/mol. The molecule has 0 unspecified atom stereocenters. The second-order valence-electron chi connectivity index (χ2n) is 5.66. The van der Waals surface area contributed by atoms with Crippen LogP contribution in [0.2, 0.25) is 0 Å². The molecule has 0 aliphatic rings. The Balaban J connectivity index is 1.96. The Morgan fingerprint density at radius 3 is 2.48 bits per heavy atom. The van der Waals surface area contributed by atoms with Gasteiger partial charge in [0, 0.05) is 17.1 Å². The van der Waals surface area contributed by atoms with E-state index in [0.29, 0.717) is 17.3 Å². The standard InChI is InChI=1S/C20H19NO4/c1-3-25-20(23)17-12-21-18-9-6-14(11-16(18)19(17)22)10-13-4-7-15(24-2)8-5-13/h4-9,11-12H,3,10H2,1-2H3,(H,21,22). The van der Waals surface area contributed by atoms with E-state index in [1.807, 2.05) is 42.5 Å². The summed E-state index contributed by atoms with van der Waals surface area (Å²) in [6.45, 7) is 1.94. The van der Waals surface area contributed by atoms with Gasteiger partial charge in [-0.05, 0) is 48.7 Å². The number of carbonyl (C=O) groups excluding carboxylic acids is 1. The normalized spacial score (nSPS) is 10.6. The number of nitrogens with one attached hydrogen (secondary N) is 1. The van der Waals surface area contributed by atoms with Gasteiger partial charge in [-0.25, -0.2) is 4.79 Å². The minimum atomic E-state index is -0.605. The van der Waals surface area contributed by atoms with E-state index in [1.165, 1.54) is 6.20 Å². The fourth-order valence-corrected chi connectivity index (χ4v) is 2.72. The molecule has 0 spiro atoms. The number of methoxy groups -OCH3 is 1.